The van der Waals surface area contributed by atoms with Gasteiger partial charge in [-0.2, -0.15) is 0 Å². The van der Waals surface area contributed by atoms with Gasteiger partial charge in [-0.25, -0.2) is 9.37 Å². The van der Waals surface area contributed by atoms with Gasteiger partial charge in [-0.3, -0.25) is 0 Å². The summed E-state index contributed by atoms with van der Waals surface area (Å²) in [6.45, 7) is 0.623. The Kier molecular flexibility index (Phi) is 4.39. The van der Waals surface area contributed by atoms with Gasteiger partial charge in [-0.1, -0.05) is 35.3 Å². The monoisotopic (exact) mass is 284 g/mol. The molecule has 0 spiro atoms. The van der Waals surface area contributed by atoms with Gasteiger partial charge in [-0.15, -0.1) is 0 Å². The van der Waals surface area contributed by atoms with Crippen molar-refractivity contribution in [2.75, 3.05) is 11.9 Å². The van der Waals surface area contributed by atoms with Crippen LogP contribution in [-0.4, -0.2) is 11.5 Å². The molecule has 2 nitrogen and oxygen atoms in total. The van der Waals surface area contributed by atoms with Crippen molar-refractivity contribution in [3.63, 3.8) is 0 Å². The third-order valence-corrected chi connectivity index (χ3v) is 2.90. The highest BCUT2D eigenvalue weighted by Gasteiger charge is 2.02. The van der Waals surface area contributed by atoms with E-state index in [9.17, 15) is 4.39 Å². The second kappa shape index (κ2) is 6.03. The van der Waals surface area contributed by atoms with Crippen LogP contribution in [0.3, 0.4) is 0 Å². The molecular formula is C13H11Cl2FN2. The molecule has 0 fully saturated rings. The Labute approximate surface area is 115 Å². The van der Waals surface area contributed by atoms with Crippen molar-refractivity contribution in [1.82, 2.24) is 4.98 Å². The van der Waals surface area contributed by atoms with Crippen molar-refractivity contribution < 1.29 is 4.39 Å². The standard InChI is InChI=1S/C13H11Cl2FN2/c14-10-7-12(15)13(18-8-10)17-5-4-9-2-1-3-11(16)6-9/h1-3,6-8H,4-5H2,(H,17,18). The molecule has 1 aromatic carbocycles. The maximum absolute atomic E-state index is 13.0. The molecule has 0 unspecified atom stereocenters. The van der Waals surface area contributed by atoms with Crippen molar-refractivity contribution in [1.29, 1.82) is 0 Å². The quantitative estimate of drug-likeness (QED) is 0.911. The number of nitrogens with one attached hydrogen (secondary N) is 1. The largest absolute Gasteiger partial charge is 0.369 e. The molecule has 0 saturated heterocycles. The van der Waals surface area contributed by atoms with Crippen LogP contribution >= 0.6 is 23.2 Å². The smallest absolute Gasteiger partial charge is 0.144 e. The Hall–Kier alpha value is -1.32. The van der Waals surface area contributed by atoms with Crippen molar-refractivity contribution >= 4 is 29.0 Å². The van der Waals surface area contributed by atoms with E-state index in [0.717, 1.165) is 5.56 Å². The number of pyridine rings is 1. The van der Waals surface area contributed by atoms with Crippen molar-refractivity contribution in [3.8, 4) is 0 Å². The minimum atomic E-state index is -0.227. The molecule has 94 valence electrons. The zero-order chi connectivity index (χ0) is 13.0. The molecule has 2 rings (SSSR count). The van der Waals surface area contributed by atoms with Crippen LogP contribution in [0.4, 0.5) is 10.2 Å². The van der Waals surface area contributed by atoms with Crippen LogP contribution in [0, 0.1) is 5.82 Å². The Bertz CT molecular complexity index is 546. The summed E-state index contributed by atoms with van der Waals surface area (Å²) < 4.78 is 13.0. The lowest BCUT2D eigenvalue weighted by Crippen LogP contribution is -2.06. The van der Waals surface area contributed by atoms with E-state index < -0.39 is 0 Å². The molecular weight excluding hydrogens is 274 g/mol. The second-order valence-corrected chi connectivity index (χ2v) is 4.63. The lowest BCUT2D eigenvalue weighted by molar-refractivity contribution is 0.625. The first kappa shape index (κ1) is 13.1. The summed E-state index contributed by atoms with van der Waals surface area (Å²) in [7, 11) is 0. The number of halogens is 3. The van der Waals surface area contributed by atoms with Gasteiger partial charge in [0.05, 0.1) is 10.0 Å². The summed E-state index contributed by atoms with van der Waals surface area (Å²) in [4.78, 5) is 4.08. The first-order valence-electron chi connectivity index (χ1n) is 5.44. The van der Waals surface area contributed by atoms with E-state index in [1.54, 1.807) is 12.1 Å². The number of hydrogen-bond donors (Lipinski definition) is 1. The molecule has 18 heavy (non-hydrogen) atoms. The highest BCUT2D eigenvalue weighted by atomic mass is 35.5. The van der Waals surface area contributed by atoms with Gasteiger partial charge < -0.3 is 5.32 Å². The van der Waals surface area contributed by atoms with Crippen LogP contribution in [0.15, 0.2) is 36.5 Å². The molecule has 5 heteroatoms. The molecule has 0 radical (unpaired) electrons. The lowest BCUT2D eigenvalue weighted by Gasteiger charge is -2.07. The fraction of sp³-hybridized carbons (Fsp3) is 0.154. The van der Waals surface area contributed by atoms with Crippen LogP contribution in [0.25, 0.3) is 0 Å². The van der Waals surface area contributed by atoms with Gasteiger partial charge in [0.15, 0.2) is 0 Å². The molecule has 0 aliphatic carbocycles. The molecule has 0 saturated carbocycles. The van der Waals surface area contributed by atoms with E-state index in [4.69, 9.17) is 23.2 Å². The molecule has 1 aromatic heterocycles. The zero-order valence-corrected chi connectivity index (χ0v) is 11.0. The van der Waals surface area contributed by atoms with Crippen LogP contribution in [-0.2, 0) is 6.42 Å². The first-order valence-corrected chi connectivity index (χ1v) is 6.20. The summed E-state index contributed by atoms with van der Waals surface area (Å²) in [5.41, 5.74) is 0.924. The van der Waals surface area contributed by atoms with Crippen molar-refractivity contribution in [2.45, 2.75) is 6.42 Å². The molecule has 0 amide bonds. The topological polar surface area (TPSA) is 24.9 Å². The second-order valence-electron chi connectivity index (χ2n) is 3.79. The summed E-state index contributed by atoms with van der Waals surface area (Å²) in [6.07, 6.45) is 2.22. The number of nitrogens with zero attached hydrogens (tertiary/aromatic N) is 1. The van der Waals surface area contributed by atoms with Crippen LogP contribution in [0.5, 0.6) is 0 Å². The maximum Gasteiger partial charge on any atom is 0.144 e. The Morgan fingerprint density at radius 2 is 2.06 bits per heavy atom. The van der Waals surface area contributed by atoms with Crippen LogP contribution in [0.1, 0.15) is 5.56 Å². The lowest BCUT2D eigenvalue weighted by atomic mass is 10.1. The molecule has 0 atom stereocenters. The normalized spacial score (nSPS) is 10.4. The van der Waals surface area contributed by atoms with Crippen molar-refractivity contribution in [3.05, 3.63) is 58.0 Å². The summed E-state index contributed by atoms with van der Waals surface area (Å²) in [5.74, 6) is 0.354. The van der Waals surface area contributed by atoms with Gasteiger partial charge in [0.1, 0.15) is 11.6 Å². The van der Waals surface area contributed by atoms with E-state index in [-0.39, 0.29) is 5.82 Å². The maximum atomic E-state index is 13.0. The van der Waals surface area contributed by atoms with E-state index in [1.165, 1.54) is 18.3 Å². The average molecular weight is 285 g/mol. The number of benzene rings is 1. The predicted octanol–water partition coefficient (Wildman–Crippen LogP) is 4.18. The first-order chi connectivity index (χ1) is 8.65. The van der Waals surface area contributed by atoms with Crippen LogP contribution < -0.4 is 5.32 Å². The number of anilines is 1. The molecule has 0 aliphatic heterocycles. The van der Waals surface area contributed by atoms with E-state index in [2.05, 4.69) is 10.3 Å². The molecule has 2 aromatic rings. The molecule has 1 N–H and O–H groups in total. The van der Waals surface area contributed by atoms with Gasteiger partial charge in [0.2, 0.25) is 0 Å². The minimum absolute atomic E-state index is 0.227. The fourth-order valence-electron chi connectivity index (χ4n) is 1.56. The number of hydrogen-bond acceptors (Lipinski definition) is 2. The van der Waals surface area contributed by atoms with E-state index in [1.807, 2.05) is 6.07 Å². The highest BCUT2D eigenvalue weighted by molar-refractivity contribution is 6.35. The third-order valence-electron chi connectivity index (χ3n) is 2.40. The molecule has 0 aliphatic rings. The van der Waals surface area contributed by atoms with Crippen LogP contribution in [0.2, 0.25) is 10.0 Å². The highest BCUT2D eigenvalue weighted by Crippen LogP contribution is 2.22. The van der Waals surface area contributed by atoms with Gasteiger partial charge >= 0.3 is 0 Å². The summed E-state index contributed by atoms with van der Waals surface area (Å²) >= 11 is 11.7. The number of rotatable bonds is 4. The van der Waals surface area contributed by atoms with Gasteiger partial charge in [0.25, 0.3) is 0 Å². The molecule has 1 heterocycles. The number of aromatic nitrogens is 1. The molecule has 0 bridgehead atoms. The third kappa shape index (κ3) is 3.59. The summed E-state index contributed by atoms with van der Waals surface area (Å²) in [5, 5.41) is 4.05. The summed E-state index contributed by atoms with van der Waals surface area (Å²) in [6, 6.07) is 8.13. The van der Waals surface area contributed by atoms with E-state index >= 15 is 0 Å². The Balaban J connectivity index is 1.92. The predicted molar refractivity (Wildman–Crippen MR) is 72.9 cm³/mol. The van der Waals surface area contributed by atoms with Gasteiger partial charge in [0, 0.05) is 12.7 Å². The fourth-order valence-corrected chi connectivity index (χ4v) is 2.01. The SMILES string of the molecule is Fc1cccc(CCNc2ncc(Cl)cc2Cl)c1. The van der Waals surface area contributed by atoms with Gasteiger partial charge in [-0.05, 0) is 30.2 Å². The van der Waals surface area contributed by atoms with E-state index in [0.29, 0.717) is 28.8 Å². The Morgan fingerprint density at radius 3 is 2.78 bits per heavy atom. The average Bonchev–Trinajstić information content (AvgIpc) is 2.32. The minimum Gasteiger partial charge on any atom is -0.369 e. The zero-order valence-electron chi connectivity index (χ0n) is 9.46. The Morgan fingerprint density at radius 1 is 1.22 bits per heavy atom. The van der Waals surface area contributed by atoms with Crippen molar-refractivity contribution in [2.24, 2.45) is 0 Å².